The van der Waals surface area contributed by atoms with E-state index >= 15 is 0 Å². The second-order valence-electron chi connectivity index (χ2n) is 3.77. The predicted molar refractivity (Wildman–Crippen MR) is 77.1 cm³/mol. The highest BCUT2D eigenvalue weighted by atomic mass is 79.9. The molecular formula is C11H15Br2NOS. The van der Waals surface area contributed by atoms with Crippen molar-refractivity contribution in [3.05, 3.63) is 21.9 Å². The number of thiophene rings is 1. The molecule has 5 heteroatoms. The van der Waals surface area contributed by atoms with E-state index in [4.69, 9.17) is 0 Å². The van der Waals surface area contributed by atoms with Crippen molar-refractivity contribution in [3.63, 3.8) is 0 Å². The van der Waals surface area contributed by atoms with Gasteiger partial charge in [0, 0.05) is 15.5 Å². The highest BCUT2D eigenvalue weighted by molar-refractivity contribution is 9.09. The first-order valence-corrected chi connectivity index (χ1v) is 8.13. The monoisotopic (exact) mass is 367 g/mol. The number of alkyl halides is 2. The summed E-state index contributed by atoms with van der Waals surface area (Å²) in [7, 11) is 0. The number of amides is 1. The van der Waals surface area contributed by atoms with Crippen LogP contribution < -0.4 is 5.32 Å². The molecule has 0 radical (unpaired) electrons. The lowest BCUT2D eigenvalue weighted by atomic mass is 10.0. The quantitative estimate of drug-likeness (QED) is 0.788. The third-order valence-corrected chi connectivity index (χ3v) is 5.68. The summed E-state index contributed by atoms with van der Waals surface area (Å²) in [5.74, 6) is 0.0128. The summed E-state index contributed by atoms with van der Waals surface area (Å²) in [4.78, 5) is 13.9. The number of hydrogen-bond acceptors (Lipinski definition) is 2. The van der Waals surface area contributed by atoms with Gasteiger partial charge in [0.25, 0.3) is 5.91 Å². The molecule has 0 atom stereocenters. The molecule has 1 heterocycles. The number of carbonyl (C=O) groups excluding carboxylic acids is 1. The normalized spacial score (nSPS) is 11.5. The van der Waals surface area contributed by atoms with Gasteiger partial charge in [-0.05, 0) is 25.5 Å². The van der Waals surface area contributed by atoms with Crippen LogP contribution in [0.2, 0.25) is 0 Å². The first kappa shape index (κ1) is 14.2. The summed E-state index contributed by atoms with van der Waals surface area (Å²) in [5, 5.41) is 4.58. The average Bonchev–Trinajstić information content (AvgIpc) is 2.73. The lowest BCUT2D eigenvalue weighted by molar-refractivity contribution is 0.0919. The number of halogens is 2. The van der Waals surface area contributed by atoms with Crippen molar-refractivity contribution in [2.45, 2.75) is 25.8 Å². The van der Waals surface area contributed by atoms with Crippen LogP contribution in [0.4, 0.5) is 0 Å². The molecule has 90 valence electrons. The maximum Gasteiger partial charge on any atom is 0.261 e. The molecule has 1 aromatic rings. The molecule has 0 bridgehead atoms. The lowest BCUT2D eigenvalue weighted by Gasteiger charge is -2.29. The van der Waals surface area contributed by atoms with Gasteiger partial charge in [-0.3, -0.25) is 4.79 Å². The fraction of sp³-hybridized carbons (Fsp3) is 0.545. The van der Waals surface area contributed by atoms with Crippen LogP contribution in [0.15, 0.2) is 12.1 Å². The van der Waals surface area contributed by atoms with Crippen molar-refractivity contribution in [1.82, 2.24) is 5.32 Å². The maximum atomic E-state index is 12.0. The molecule has 1 rings (SSSR count). The Morgan fingerprint density at radius 3 is 2.44 bits per heavy atom. The van der Waals surface area contributed by atoms with Gasteiger partial charge in [0.05, 0.1) is 10.4 Å². The minimum atomic E-state index is -0.199. The molecule has 1 aromatic heterocycles. The first-order valence-electron chi connectivity index (χ1n) is 5.08. The van der Waals surface area contributed by atoms with Crippen LogP contribution in [-0.4, -0.2) is 22.1 Å². The molecule has 0 aliphatic rings. The molecule has 0 fully saturated rings. The van der Waals surface area contributed by atoms with E-state index in [1.165, 1.54) is 11.3 Å². The van der Waals surface area contributed by atoms with Crippen LogP contribution in [0, 0.1) is 6.92 Å². The van der Waals surface area contributed by atoms with Gasteiger partial charge in [-0.2, -0.15) is 0 Å². The third-order valence-electron chi connectivity index (χ3n) is 2.53. The van der Waals surface area contributed by atoms with E-state index in [0.29, 0.717) is 0 Å². The highest BCUT2D eigenvalue weighted by Gasteiger charge is 2.28. The predicted octanol–water partition coefficient (Wildman–Crippen LogP) is 3.72. The van der Waals surface area contributed by atoms with Gasteiger partial charge in [-0.25, -0.2) is 0 Å². The van der Waals surface area contributed by atoms with Gasteiger partial charge < -0.3 is 5.32 Å². The van der Waals surface area contributed by atoms with Crippen molar-refractivity contribution in [2.75, 3.05) is 10.7 Å². The van der Waals surface area contributed by atoms with Crippen LogP contribution in [0.25, 0.3) is 0 Å². The zero-order chi connectivity index (χ0) is 12.2. The Morgan fingerprint density at radius 1 is 1.44 bits per heavy atom. The summed E-state index contributed by atoms with van der Waals surface area (Å²) < 4.78 is 0. The van der Waals surface area contributed by atoms with E-state index in [9.17, 15) is 4.79 Å². The zero-order valence-electron chi connectivity index (χ0n) is 9.35. The Kier molecular flexibility index (Phi) is 5.47. The largest absolute Gasteiger partial charge is 0.344 e. The second kappa shape index (κ2) is 6.17. The Balaban J connectivity index is 2.76. The molecule has 0 saturated carbocycles. The molecule has 16 heavy (non-hydrogen) atoms. The van der Waals surface area contributed by atoms with E-state index in [-0.39, 0.29) is 11.4 Å². The fourth-order valence-corrected chi connectivity index (χ4v) is 4.00. The smallest absolute Gasteiger partial charge is 0.261 e. The summed E-state index contributed by atoms with van der Waals surface area (Å²) in [6.45, 7) is 4.08. The van der Waals surface area contributed by atoms with Crippen LogP contribution in [0.5, 0.6) is 0 Å². The summed E-state index contributed by atoms with van der Waals surface area (Å²) in [6.07, 6.45) is 0.888. The standard InChI is InChI=1S/C11H15Br2NOS/c1-3-11(6-12,7-13)14-10(15)9-5-4-8(2)16-9/h4-5H,3,6-7H2,1-2H3,(H,14,15). The molecular weight excluding hydrogens is 354 g/mol. The molecule has 0 aromatic carbocycles. The first-order chi connectivity index (χ1) is 7.56. The number of carbonyl (C=O) groups is 1. The van der Waals surface area contributed by atoms with Crippen molar-refractivity contribution in [1.29, 1.82) is 0 Å². The van der Waals surface area contributed by atoms with Gasteiger partial charge in [0.2, 0.25) is 0 Å². The van der Waals surface area contributed by atoms with E-state index < -0.39 is 0 Å². The van der Waals surface area contributed by atoms with Crippen molar-refractivity contribution in [3.8, 4) is 0 Å². The molecule has 0 saturated heterocycles. The van der Waals surface area contributed by atoms with Crippen LogP contribution in [-0.2, 0) is 0 Å². The average molecular weight is 369 g/mol. The van der Waals surface area contributed by atoms with Crippen molar-refractivity contribution in [2.24, 2.45) is 0 Å². The van der Waals surface area contributed by atoms with Gasteiger partial charge in [-0.15, -0.1) is 11.3 Å². The van der Waals surface area contributed by atoms with Gasteiger partial charge >= 0.3 is 0 Å². The molecule has 2 nitrogen and oxygen atoms in total. The third kappa shape index (κ3) is 3.31. The summed E-state index contributed by atoms with van der Waals surface area (Å²) in [5.41, 5.74) is -0.199. The lowest BCUT2D eigenvalue weighted by Crippen LogP contribution is -2.50. The zero-order valence-corrected chi connectivity index (χ0v) is 13.3. The van der Waals surface area contributed by atoms with Gasteiger partial charge in [0.1, 0.15) is 0 Å². The van der Waals surface area contributed by atoms with Crippen molar-refractivity contribution >= 4 is 49.1 Å². The molecule has 0 aliphatic carbocycles. The Labute approximate surface area is 117 Å². The molecule has 0 unspecified atom stereocenters. The number of aryl methyl sites for hydroxylation is 1. The molecule has 0 aliphatic heterocycles. The highest BCUT2D eigenvalue weighted by Crippen LogP contribution is 2.20. The molecule has 0 spiro atoms. The summed E-state index contributed by atoms with van der Waals surface area (Å²) >= 11 is 8.44. The van der Waals surface area contributed by atoms with Crippen molar-refractivity contribution < 1.29 is 4.79 Å². The van der Waals surface area contributed by atoms with E-state index in [2.05, 4.69) is 44.1 Å². The minimum absolute atomic E-state index is 0.0128. The Hall–Kier alpha value is 0.130. The van der Waals surface area contributed by atoms with E-state index in [1.807, 2.05) is 19.1 Å². The molecule has 1 amide bonds. The number of rotatable bonds is 5. The van der Waals surface area contributed by atoms with E-state index in [0.717, 1.165) is 26.8 Å². The Bertz CT molecular complexity index is 352. The van der Waals surface area contributed by atoms with Gasteiger partial charge in [0.15, 0.2) is 0 Å². The fourth-order valence-electron chi connectivity index (χ4n) is 1.24. The van der Waals surface area contributed by atoms with Crippen LogP contribution in [0.3, 0.4) is 0 Å². The van der Waals surface area contributed by atoms with E-state index in [1.54, 1.807) is 0 Å². The topological polar surface area (TPSA) is 29.1 Å². The number of hydrogen-bond donors (Lipinski definition) is 1. The molecule has 1 N–H and O–H groups in total. The van der Waals surface area contributed by atoms with Gasteiger partial charge in [-0.1, -0.05) is 38.8 Å². The minimum Gasteiger partial charge on any atom is -0.344 e. The SMILES string of the molecule is CCC(CBr)(CBr)NC(=O)c1ccc(C)s1. The number of nitrogens with one attached hydrogen (secondary N) is 1. The Morgan fingerprint density at radius 2 is 2.06 bits per heavy atom. The van der Waals surface area contributed by atoms with Crippen LogP contribution in [0.1, 0.15) is 27.9 Å². The second-order valence-corrected chi connectivity index (χ2v) is 6.17. The maximum absolute atomic E-state index is 12.0. The summed E-state index contributed by atoms with van der Waals surface area (Å²) in [6, 6.07) is 3.84. The van der Waals surface area contributed by atoms with Crippen LogP contribution >= 0.6 is 43.2 Å².